The van der Waals surface area contributed by atoms with E-state index in [1.165, 1.54) is 0 Å². The summed E-state index contributed by atoms with van der Waals surface area (Å²) in [5.74, 6) is 1.92. The first-order valence-corrected chi connectivity index (χ1v) is 9.65. The molecule has 0 radical (unpaired) electrons. The quantitative estimate of drug-likeness (QED) is 0.282. The summed E-state index contributed by atoms with van der Waals surface area (Å²) < 4.78 is 10.6. The molecule has 0 amide bonds. The number of aryl methyl sites for hydroxylation is 2. The minimum atomic E-state index is -0.772. The third kappa shape index (κ3) is 6.78. The molecule has 1 unspecified atom stereocenters. The van der Waals surface area contributed by atoms with Crippen molar-refractivity contribution in [3.63, 3.8) is 0 Å². The van der Waals surface area contributed by atoms with Crippen molar-refractivity contribution < 1.29 is 14.6 Å². The van der Waals surface area contributed by atoms with Crippen molar-refractivity contribution >= 4 is 41.3 Å². The van der Waals surface area contributed by atoms with E-state index in [0.717, 1.165) is 22.1 Å². The number of rotatable bonds is 8. The molecule has 0 saturated heterocycles. The van der Waals surface area contributed by atoms with E-state index in [0.29, 0.717) is 29.6 Å². The molecule has 1 heterocycles. The van der Waals surface area contributed by atoms with E-state index < -0.39 is 6.10 Å². The van der Waals surface area contributed by atoms with Gasteiger partial charge in [0.2, 0.25) is 0 Å². The van der Waals surface area contributed by atoms with E-state index in [1.807, 2.05) is 20.8 Å². The molecule has 0 aliphatic heterocycles. The second kappa shape index (κ2) is 12.1. The first kappa shape index (κ1) is 24.4. The number of hydrogen-bond donors (Lipinski definition) is 3. The second-order valence-corrected chi connectivity index (χ2v) is 7.23. The van der Waals surface area contributed by atoms with Crippen LogP contribution in [0.4, 0.5) is 0 Å². The molecule has 28 heavy (non-hydrogen) atoms. The van der Waals surface area contributed by atoms with E-state index in [2.05, 4.69) is 20.6 Å². The highest BCUT2D eigenvalue weighted by Crippen LogP contribution is 2.29. The third-order valence-electron chi connectivity index (χ3n) is 3.98. The lowest BCUT2D eigenvalue weighted by Crippen LogP contribution is -2.39. The number of benzene rings is 1. The van der Waals surface area contributed by atoms with Crippen LogP contribution in [-0.4, -0.2) is 43.4 Å². The van der Waals surface area contributed by atoms with Gasteiger partial charge in [0.05, 0.1) is 37.6 Å². The normalized spacial score (nSPS) is 12.1. The molecule has 7 nitrogen and oxygen atoms in total. The minimum absolute atomic E-state index is 0. The fraction of sp³-hybridized carbons (Fsp3) is 0.474. The Morgan fingerprint density at radius 2 is 2.00 bits per heavy atom. The number of thiazole rings is 1. The topological polar surface area (TPSA) is 88.0 Å². The Bertz CT molecular complexity index is 783. The van der Waals surface area contributed by atoms with Crippen LogP contribution in [0.25, 0.3) is 0 Å². The number of methoxy groups -OCH3 is 2. The lowest BCUT2D eigenvalue weighted by atomic mass is 10.1. The molecule has 2 aromatic rings. The molecule has 156 valence electrons. The van der Waals surface area contributed by atoms with E-state index in [9.17, 15) is 5.11 Å². The van der Waals surface area contributed by atoms with Gasteiger partial charge in [0.15, 0.2) is 5.96 Å². The molecule has 0 spiro atoms. The zero-order valence-electron chi connectivity index (χ0n) is 16.9. The molecule has 9 heteroatoms. The minimum Gasteiger partial charge on any atom is -0.497 e. The number of aliphatic hydroxyl groups is 1. The fourth-order valence-electron chi connectivity index (χ4n) is 2.62. The summed E-state index contributed by atoms with van der Waals surface area (Å²) in [5, 5.41) is 18.0. The van der Waals surface area contributed by atoms with Crippen LogP contribution < -0.4 is 20.1 Å². The van der Waals surface area contributed by atoms with Gasteiger partial charge in [0.25, 0.3) is 0 Å². The van der Waals surface area contributed by atoms with Crippen LogP contribution in [0, 0.1) is 13.8 Å². The van der Waals surface area contributed by atoms with Gasteiger partial charge in [0, 0.05) is 23.5 Å². The Kier molecular flexibility index (Phi) is 10.5. The highest BCUT2D eigenvalue weighted by Gasteiger charge is 2.15. The highest BCUT2D eigenvalue weighted by molar-refractivity contribution is 14.0. The number of nitrogens with zero attached hydrogens (tertiary/aromatic N) is 2. The molecule has 0 fully saturated rings. The Labute approximate surface area is 187 Å². The number of guanidine groups is 1. The number of halogens is 1. The van der Waals surface area contributed by atoms with Gasteiger partial charge in [-0.15, -0.1) is 35.3 Å². The number of hydrogen-bond acceptors (Lipinski definition) is 6. The number of aliphatic hydroxyl groups excluding tert-OH is 1. The summed E-state index contributed by atoms with van der Waals surface area (Å²) >= 11 is 1.65. The molecule has 0 bridgehead atoms. The van der Waals surface area contributed by atoms with Gasteiger partial charge in [-0.3, -0.25) is 0 Å². The Hall–Kier alpha value is -1.59. The molecular formula is C19H29IN4O3S. The zero-order chi connectivity index (χ0) is 19.8. The van der Waals surface area contributed by atoms with Gasteiger partial charge in [-0.2, -0.15) is 0 Å². The van der Waals surface area contributed by atoms with Gasteiger partial charge in [-0.05, 0) is 39.0 Å². The summed E-state index contributed by atoms with van der Waals surface area (Å²) in [6.07, 6.45) is -0.772. The van der Waals surface area contributed by atoms with Crippen molar-refractivity contribution in [1.82, 2.24) is 15.6 Å². The van der Waals surface area contributed by atoms with Crippen molar-refractivity contribution in [2.75, 3.05) is 27.3 Å². The van der Waals surface area contributed by atoms with Crippen LogP contribution in [0.15, 0.2) is 23.2 Å². The van der Waals surface area contributed by atoms with Crippen molar-refractivity contribution in [1.29, 1.82) is 0 Å². The molecule has 0 aliphatic rings. The molecule has 0 aliphatic carbocycles. The van der Waals surface area contributed by atoms with Crippen LogP contribution in [0.3, 0.4) is 0 Å². The van der Waals surface area contributed by atoms with Gasteiger partial charge < -0.3 is 25.2 Å². The Morgan fingerprint density at radius 3 is 2.57 bits per heavy atom. The van der Waals surface area contributed by atoms with Crippen molar-refractivity contribution in [3.8, 4) is 11.5 Å². The number of nitrogens with one attached hydrogen (secondary N) is 2. The van der Waals surface area contributed by atoms with Crippen molar-refractivity contribution in [2.45, 2.75) is 33.4 Å². The van der Waals surface area contributed by atoms with Crippen LogP contribution in [0.5, 0.6) is 11.5 Å². The summed E-state index contributed by atoms with van der Waals surface area (Å²) in [7, 11) is 3.17. The maximum Gasteiger partial charge on any atom is 0.191 e. The maximum atomic E-state index is 10.6. The van der Waals surface area contributed by atoms with Gasteiger partial charge in [-0.1, -0.05) is 0 Å². The fourth-order valence-corrected chi connectivity index (χ4v) is 3.48. The molecule has 1 aromatic carbocycles. The SMILES string of the molecule is CCNC(=NCc1sc(C)nc1C)NCC(O)c1cc(OC)ccc1OC.I. The first-order chi connectivity index (χ1) is 13.0. The van der Waals surface area contributed by atoms with Crippen LogP contribution in [0.1, 0.15) is 34.2 Å². The van der Waals surface area contributed by atoms with Gasteiger partial charge >= 0.3 is 0 Å². The van der Waals surface area contributed by atoms with Crippen LogP contribution >= 0.6 is 35.3 Å². The number of aliphatic imine (C=N–C) groups is 1. The summed E-state index contributed by atoms with van der Waals surface area (Å²) in [6, 6.07) is 5.36. The van der Waals surface area contributed by atoms with Gasteiger partial charge in [-0.25, -0.2) is 9.98 Å². The summed E-state index contributed by atoms with van der Waals surface area (Å²) in [5.41, 5.74) is 1.67. The van der Waals surface area contributed by atoms with Crippen LogP contribution in [-0.2, 0) is 6.54 Å². The molecular weight excluding hydrogens is 491 g/mol. The second-order valence-electron chi connectivity index (χ2n) is 5.94. The van der Waals surface area contributed by atoms with E-state index in [1.54, 1.807) is 43.8 Å². The molecule has 2 rings (SSSR count). The molecule has 0 saturated carbocycles. The predicted molar refractivity (Wildman–Crippen MR) is 124 cm³/mol. The van der Waals surface area contributed by atoms with Gasteiger partial charge in [0.1, 0.15) is 11.5 Å². The molecule has 1 atom stereocenters. The average Bonchev–Trinajstić information content (AvgIpc) is 3.00. The standard InChI is InChI=1S/C19H28N4O3S.HI/c1-6-20-19(22-11-18-12(2)23-13(3)27-18)21-10-16(24)15-9-14(25-4)7-8-17(15)26-5;/h7-9,16,24H,6,10-11H2,1-5H3,(H2,20,21,22);1H. The lowest BCUT2D eigenvalue weighted by molar-refractivity contribution is 0.176. The van der Waals surface area contributed by atoms with Crippen molar-refractivity contribution in [3.05, 3.63) is 39.3 Å². The predicted octanol–water partition coefficient (Wildman–Crippen LogP) is 3.18. The van der Waals surface area contributed by atoms with E-state index in [-0.39, 0.29) is 30.5 Å². The van der Waals surface area contributed by atoms with E-state index in [4.69, 9.17) is 9.47 Å². The van der Waals surface area contributed by atoms with E-state index >= 15 is 0 Å². The number of ether oxygens (including phenoxy) is 2. The Morgan fingerprint density at radius 1 is 1.25 bits per heavy atom. The highest BCUT2D eigenvalue weighted by atomic mass is 127. The Balaban J connectivity index is 0.00000392. The number of aromatic nitrogens is 1. The largest absolute Gasteiger partial charge is 0.497 e. The first-order valence-electron chi connectivity index (χ1n) is 8.83. The monoisotopic (exact) mass is 520 g/mol. The maximum absolute atomic E-state index is 10.6. The molecule has 1 aromatic heterocycles. The summed E-state index contributed by atoms with van der Waals surface area (Å²) in [6.45, 7) is 7.55. The van der Waals surface area contributed by atoms with Crippen molar-refractivity contribution in [2.24, 2.45) is 4.99 Å². The third-order valence-corrected chi connectivity index (χ3v) is 5.04. The smallest absolute Gasteiger partial charge is 0.191 e. The van der Waals surface area contributed by atoms with Crippen LogP contribution in [0.2, 0.25) is 0 Å². The lowest BCUT2D eigenvalue weighted by Gasteiger charge is -2.18. The zero-order valence-corrected chi connectivity index (χ0v) is 20.1. The molecule has 3 N–H and O–H groups in total. The average molecular weight is 520 g/mol. The summed E-state index contributed by atoms with van der Waals surface area (Å²) in [4.78, 5) is 10.2.